The molecular weight excluding hydrogens is 240 g/mol. The zero-order chi connectivity index (χ0) is 13.3. The Balaban J connectivity index is 1.67. The van der Waals surface area contributed by atoms with E-state index in [1.807, 2.05) is 0 Å². The molecule has 1 spiro atoms. The summed E-state index contributed by atoms with van der Waals surface area (Å²) >= 11 is 0. The first kappa shape index (κ1) is 13.8. The van der Waals surface area contributed by atoms with Gasteiger partial charge in [0.1, 0.15) is 0 Å². The third-order valence-corrected chi connectivity index (χ3v) is 5.75. The molecule has 3 heteroatoms. The Morgan fingerprint density at radius 1 is 1.11 bits per heavy atom. The van der Waals surface area contributed by atoms with Crippen LogP contribution in [0.3, 0.4) is 0 Å². The van der Waals surface area contributed by atoms with Gasteiger partial charge in [0.2, 0.25) is 0 Å². The van der Waals surface area contributed by atoms with Crippen molar-refractivity contribution in [2.24, 2.45) is 11.3 Å². The quantitative estimate of drug-likeness (QED) is 0.837. The molecule has 0 radical (unpaired) electrons. The van der Waals surface area contributed by atoms with E-state index in [1.165, 1.54) is 32.1 Å². The lowest BCUT2D eigenvalue weighted by Crippen LogP contribution is -2.48. The van der Waals surface area contributed by atoms with Crippen LogP contribution < -0.4 is 0 Å². The summed E-state index contributed by atoms with van der Waals surface area (Å²) in [4.78, 5) is 0. The average molecular weight is 268 g/mol. The van der Waals surface area contributed by atoms with Gasteiger partial charge in [-0.1, -0.05) is 26.2 Å². The largest absolute Gasteiger partial charge is 0.392 e. The minimum absolute atomic E-state index is 0.0745. The van der Waals surface area contributed by atoms with Gasteiger partial charge in [-0.05, 0) is 37.0 Å². The van der Waals surface area contributed by atoms with Crippen molar-refractivity contribution >= 4 is 0 Å². The van der Waals surface area contributed by atoms with Gasteiger partial charge in [0.05, 0.1) is 18.3 Å². The molecule has 3 atom stereocenters. The highest BCUT2D eigenvalue weighted by molar-refractivity contribution is 4.96. The highest BCUT2D eigenvalue weighted by atomic mass is 16.6. The van der Waals surface area contributed by atoms with Crippen LogP contribution in [0.1, 0.15) is 58.3 Å². The first-order valence-electron chi connectivity index (χ1n) is 8.03. The lowest BCUT2D eigenvalue weighted by Gasteiger charge is -2.46. The molecule has 19 heavy (non-hydrogen) atoms. The first-order valence-corrected chi connectivity index (χ1v) is 8.03. The zero-order valence-electron chi connectivity index (χ0n) is 12.2. The fourth-order valence-electron chi connectivity index (χ4n) is 4.42. The fraction of sp³-hybridized carbons (Fsp3) is 1.00. The minimum Gasteiger partial charge on any atom is -0.392 e. The van der Waals surface area contributed by atoms with Crippen molar-refractivity contribution in [3.05, 3.63) is 0 Å². The maximum absolute atomic E-state index is 10.9. The highest BCUT2D eigenvalue weighted by Crippen LogP contribution is 2.46. The molecule has 3 aliphatic rings. The number of ether oxygens (including phenoxy) is 2. The van der Waals surface area contributed by atoms with Crippen molar-refractivity contribution in [3.8, 4) is 0 Å². The van der Waals surface area contributed by atoms with Crippen LogP contribution in [0.4, 0.5) is 0 Å². The number of hydrogen-bond donors (Lipinski definition) is 1. The molecule has 1 saturated carbocycles. The summed E-state index contributed by atoms with van der Waals surface area (Å²) in [6.45, 7) is 4.64. The fourth-order valence-corrected chi connectivity index (χ4v) is 4.42. The molecule has 1 aliphatic carbocycles. The molecule has 1 N–H and O–H groups in total. The second-order valence-corrected chi connectivity index (χ2v) is 7.25. The van der Waals surface area contributed by atoms with Crippen molar-refractivity contribution in [1.29, 1.82) is 0 Å². The van der Waals surface area contributed by atoms with E-state index in [2.05, 4.69) is 6.92 Å². The van der Waals surface area contributed by atoms with Crippen LogP contribution in [-0.2, 0) is 9.47 Å². The summed E-state index contributed by atoms with van der Waals surface area (Å²) in [6.07, 6.45) is 9.14. The second kappa shape index (κ2) is 5.34. The molecular formula is C16H28O3. The predicted octanol–water partition coefficient (Wildman–Crippen LogP) is 2.90. The van der Waals surface area contributed by atoms with Gasteiger partial charge in [0, 0.05) is 19.6 Å². The SMILES string of the molecule is CC1(C(O)C2CCOC3(CCOC3)C2)CCCCC1. The highest BCUT2D eigenvalue weighted by Gasteiger charge is 2.46. The average Bonchev–Trinajstić information content (AvgIpc) is 2.87. The summed E-state index contributed by atoms with van der Waals surface area (Å²) < 4.78 is 11.5. The van der Waals surface area contributed by atoms with E-state index in [9.17, 15) is 5.11 Å². The van der Waals surface area contributed by atoms with Gasteiger partial charge in [0.15, 0.2) is 0 Å². The van der Waals surface area contributed by atoms with Crippen LogP contribution in [0.25, 0.3) is 0 Å². The van der Waals surface area contributed by atoms with Crippen LogP contribution >= 0.6 is 0 Å². The Morgan fingerprint density at radius 3 is 2.58 bits per heavy atom. The lowest BCUT2D eigenvalue weighted by atomic mass is 9.65. The van der Waals surface area contributed by atoms with E-state index in [-0.39, 0.29) is 17.1 Å². The zero-order valence-corrected chi connectivity index (χ0v) is 12.2. The monoisotopic (exact) mass is 268 g/mol. The van der Waals surface area contributed by atoms with E-state index < -0.39 is 0 Å². The molecule has 110 valence electrons. The van der Waals surface area contributed by atoms with Crippen LogP contribution in [0, 0.1) is 11.3 Å². The normalized spacial score (nSPS) is 40.4. The minimum atomic E-state index is -0.158. The van der Waals surface area contributed by atoms with Gasteiger partial charge in [-0.2, -0.15) is 0 Å². The molecule has 2 saturated heterocycles. The van der Waals surface area contributed by atoms with Crippen LogP contribution in [0.15, 0.2) is 0 Å². The van der Waals surface area contributed by atoms with Crippen molar-refractivity contribution in [2.45, 2.75) is 70.0 Å². The van der Waals surface area contributed by atoms with Gasteiger partial charge in [-0.3, -0.25) is 0 Å². The third-order valence-electron chi connectivity index (χ3n) is 5.75. The summed E-state index contributed by atoms with van der Waals surface area (Å²) in [6, 6.07) is 0. The summed E-state index contributed by atoms with van der Waals surface area (Å²) in [7, 11) is 0. The van der Waals surface area contributed by atoms with Gasteiger partial charge in [-0.15, -0.1) is 0 Å². The van der Waals surface area contributed by atoms with Crippen molar-refractivity contribution in [3.63, 3.8) is 0 Å². The molecule has 0 bridgehead atoms. The number of hydrogen-bond acceptors (Lipinski definition) is 3. The Labute approximate surface area is 116 Å². The molecule has 3 rings (SSSR count). The Bertz CT molecular complexity index is 303. The van der Waals surface area contributed by atoms with E-state index in [0.29, 0.717) is 5.92 Å². The number of rotatable bonds is 2. The summed E-state index contributed by atoms with van der Waals surface area (Å²) in [5.74, 6) is 0.401. The molecule has 2 heterocycles. The van der Waals surface area contributed by atoms with Gasteiger partial charge < -0.3 is 14.6 Å². The van der Waals surface area contributed by atoms with Gasteiger partial charge in [-0.25, -0.2) is 0 Å². The maximum atomic E-state index is 10.9. The van der Waals surface area contributed by atoms with Crippen molar-refractivity contribution < 1.29 is 14.6 Å². The number of aliphatic hydroxyl groups is 1. The first-order chi connectivity index (χ1) is 9.14. The van der Waals surface area contributed by atoms with Crippen molar-refractivity contribution in [1.82, 2.24) is 0 Å². The molecule has 3 fully saturated rings. The summed E-state index contributed by atoms with van der Waals surface area (Å²) in [5, 5.41) is 10.9. The van der Waals surface area contributed by atoms with E-state index in [1.54, 1.807) is 0 Å². The van der Waals surface area contributed by atoms with E-state index >= 15 is 0 Å². The predicted molar refractivity (Wildman–Crippen MR) is 74.0 cm³/mol. The van der Waals surface area contributed by atoms with Crippen LogP contribution in [0.5, 0.6) is 0 Å². The third kappa shape index (κ3) is 2.70. The molecule has 0 aromatic heterocycles. The lowest BCUT2D eigenvalue weighted by molar-refractivity contribution is -0.137. The Morgan fingerprint density at radius 2 is 1.89 bits per heavy atom. The Kier molecular flexibility index (Phi) is 3.89. The molecule has 2 aliphatic heterocycles. The Hall–Kier alpha value is -0.120. The molecule has 0 amide bonds. The smallest absolute Gasteiger partial charge is 0.0940 e. The second-order valence-electron chi connectivity index (χ2n) is 7.25. The molecule has 0 aromatic rings. The van der Waals surface area contributed by atoms with E-state index in [0.717, 1.165) is 39.1 Å². The number of aliphatic hydroxyl groups excluding tert-OH is 1. The van der Waals surface area contributed by atoms with Gasteiger partial charge >= 0.3 is 0 Å². The standard InChI is InChI=1S/C16H28O3/c1-15(6-3-2-4-7-15)14(17)13-5-9-19-16(11-13)8-10-18-12-16/h13-14,17H,2-12H2,1H3. The topological polar surface area (TPSA) is 38.7 Å². The van der Waals surface area contributed by atoms with Crippen LogP contribution in [-0.4, -0.2) is 36.6 Å². The van der Waals surface area contributed by atoms with Crippen LogP contribution in [0.2, 0.25) is 0 Å². The maximum Gasteiger partial charge on any atom is 0.0940 e. The summed E-state index contributed by atoms with van der Waals surface area (Å²) in [5.41, 5.74) is 0.0653. The van der Waals surface area contributed by atoms with E-state index in [4.69, 9.17) is 9.47 Å². The van der Waals surface area contributed by atoms with Gasteiger partial charge in [0.25, 0.3) is 0 Å². The van der Waals surface area contributed by atoms with Crippen molar-refractivity contribution in [2.75, 3.05) is 19.8 Å². The molecule has 0 aromatic carbocycles. The molecule has 3 unspecified atom stereocenters. The molecule has 3 nitrogen and oxygen atoms in total.